The molecule has 176 valence electrons. The van der Waals surface area contributed by atoms with Crippen LogP contribution in [-0.4, -0.2) is 31.8 Å². The van der Waals surface area contributed by atoms with Crippen LogP contribution in [0.1, 0.15) is 86.5 Å². The minimum atomic E-state index is -0.520. The Labute approximate surface area is 189 Å². The molecule has 0 aliphatic carbocycles. The first-order chi connectivity index (χ1) is 14.7. The predicted molar refractivity (Wildman–Crippen MR) is 129 cm³/mol. The molecule has 0 atom stereocenters. The Kier molecular flexibility index (Phi) is 17.1. The van der Waals surface area contributed by atoms with Crippen molar-refractivity contribution >= 4 is 12.1 Å². The number of esters is 1. The Bertz CT molecular complexity index is 652. The molecule has 0 aliphatic heterocycles. The zero-order valence-electron chi connectivity index (χ0n) is 20.5. The highest BCUT2D eigenvalue weighted by molar-refractivity contribution is 5.71. The van der Waals surface area contributed by atoms with Crippen molar-refractivity contribution < 1.29 is 19.1 Å². The normalized spacial score (nSPS) is 12.4. The molecule has 0 spiro atoms. The summed E-state index contributed by atoms with van der Waals surface area (Å²) in [5.41, 5.74) is 5.46. The minimum Gasteiger partial charge on any atom is -0.466 e. The van der Waals surface area contributed by atoms with Gasteiger partial charge in [0.2, 0.25) is 0 Å². The van der Waals surface area contributed by atoms with Gasteiger partial charge in [-0.15, -0.1) is 0 Å². The molecule has 0 saturated carbocycles. The third-order valence-electron chi connectivity index (χ3n) is 4.70. The maximum absolute atomic E-state index is 11.6. The summed E-state index contributed by atoms with van der Waals surface area (Å²) in [5.74, 6) is -0.326. The second-order valence-electron chi connectivity index (χ2n) is 8.13. The lowest BCUT2D eigenvalue weighted by Gasteiger charge is -2.06. The van der Waals surface area contributed by atoms with Crippen molar-refractivity contribution in [3.63, 3.8) is 0 Å². The van der Waals surface area contributed by atoms with Gasteiger partial charge in [-0.2, -0.15) is 0 Å². The second kappa shape index (κ2) is 18.5. The van der Waals surface area contributed by atoms with Gasteiger partial charge in [0.1, 0.15) is 6.61 Å². The van der Waals surface area contributed by atoms with E-state index in [0.29, 0.717) is 6.61 Å². The first-order valence-corrected chi connectivity index (χ1v) is 11.4. The Balaban J connectivity index is 3.98. The lowest BCUT2D eigenvalue weighted by molar-refractivity contribution is -0.142. The molecule has 0 rings (SSSR count). The average Bonchev–Trinajstić information content (AvgIpc) is 2.68. The largest absolute Gasteiger partial charge is 0.466 e. The van der Waals surface area contributed by atoms with Crippen LogP contribution in [0.3, 0.4) is 0 Å². The summed E-state index contributed by atoms with van der Waals surface area (Å²) < 4.78 is 9.89. The molecule has 0 unspecified atom stereocenters. The standard InChI is InChI=1S/C26H43NO4/c1-7-30-25(28)17-19-27-26(29)31-20-18-24(6)16-10-15-23(5)14-9-13-22(4)12-8-11-21(2)3/h11,13,15,18H,7-10,12,14,16-17,19-20H2,1-6H3,(H,27,29)/b22-13+,23-15+,24-18+. The summed E-state index contributed by atoms with van der Waals surface area (Å²) in [5, 5.41) is 2.54. The minimum absolute atomic E-state index is 0.148. The number of hydrogen-bond acceptors (Lipinski definition) is 4. The molecule has 0 radical (unpaired) electrons. The fourth-order valence-corrected chi connectivity index (χ4v) is 2.80. The predicted octanol–water partition coefficient (Wildman–Crippen LogP) is 6.81. The first-order valence-electron chi connectivity index (χ1n) is 11.4. The lowest BCUT2D eigenvalue weighted by atomic mass is 10.0. The highest BCUT2D eigenvalue weighted by Gasteiger charge is 2.04. The highest BCUT2D eigenvalue weighted by atomic mass is 16.5. The molecule has 0 aromatic carbocycles. The molecule has 5 heteroatoms. The zero-order valence-corrected chi connectivity index (χ0v) is 20.5. The molecule has 0 bridgehead atoms. The zero-order chi connectivity index (χ0) is 23.5. The first kappa shape index (κ1) is 28.7. The third kappa shape index (κ3) is 19.4. The van der Waals surface area contributed by atoms with Crippen molar-refractivity contribution in [2.45, 2.75) is 86.5 Å². The van der Waals surface area contributed by atoms with Crippen molar-refractivity contribution in [2.75, 3.05) is 19.8 Å². The van der Waals surface area contributed by atoms with Crippen LogP contribution < -0.4 is 5.32 Å². The number of nitrogens with one attached hydrogen (secondary N) is 1. The van der Waals surface area contributed by atoms with Gasteiger partial charge in [0.25, 0.3) is 0 Å². The van der Waals surface area contributed by atoms with Crippen molar-refractivity contribution in [2.24, 2.45) is 0 Å². The fourth-order valence-electron chi connectivity index (χ4n) is 2.80. The smallest absolute Gasteiger partial charge is 0.407 e. The maximum atomic E-state index is 11.6. The summed E-state index contributed by atoms with van der Waals surface area (Å²) >= 11 is 0. The number of carbonyl (C=O) groups excluding carboxylic acids is 2. The third-order valence-corrected chi connectivity index (χ3v) is 4.70. The van der Waals surface area contributed by atoms with Gasteiger partial charge in [-0.05, 0) is 86.1 Å². The van der Waals surface area contributed by atoms with E-state index >= 15 is 0 Å². The quantitative estimate of drug-likeness (QED) is 0.227. The summed E-state index contributed by atoms with van der Waals surface area (Å²) in [7, 11) is 0. The SMILES string of the molecule is CCOC(=O)CCNC(=O)OC/C=C(\C)CC/C=C(\C)CC/C=C(\C)CCC=C(C)C. The molecule has 0 aromatic rings. The Morgan fingerprint density at radius 1 is 0.710 bits per heavy atom. The van der Waals surface area contributed by atoms with Crippen LogP contribution in [0.2, 0.25) is 0 Å². The van der Waals surface area contributed by atoms with E-state index in [9.17, 15) is 9.59 Å². The number of amides is 1. The van der Waals surface area contributed by atoms with Gasteiger partial charge >= 0.3 is 12.1 Å². The van der Waals surface area contributed by atoms with Crippen LogP contribution in [0.4, 0.5) is 4.79 Å². The molecular weight excluding hydrogens is 390 g/mol. The highest BCUT2D eigenvalue weighted by Crippen LogP contribution is 2.13. The van der Waals surface area contributed by atoms with Crippen LogP contribution >= 0.6 is 0 Å². The number of hydrogen-bond donors (Lipinski definition) is 1. The van der Waals surface area contributed by atoms with E-state index in [0.717, 1.165) is 38.5 Å². The number of carbonyl (C=O) groups is 2. The van der Waals surface area contributed by atoms with Gasteiger partial charge in [-0.25, -0.2) is 4.79 Å². The van der Waals surface area contributed by atoms with Gasteiger partial charge in [-0.1, -0.05) is 40.5 Å². The second-order valence-corrected chi connectivity index (χ2v) is 8.13. The number of ether oxygens (including phenoxy) is 2. The van der Waals surface area contributed by atoms with E-state index in [1.54, 1.807) is 6.92 Å². The van der Waals surface area contributed by atoms with Gasteiger partial charge in [0, 0.05) is 6.54 Å². The summed E-state index contributed by atoms with van der Waals surface area (Å²) in [6.07, 6.45) is 14.9. The Morgan fingerprint density at radius 2 is 1.23 bits per heavy atom. The molecule has 0 fully saturated rings. The van der Waals surface area contributed by atoms with Crippen LogP contribution in [0.25, 0.3) is 0 Å². The Hall–Kier alpha value is -2.30. The summed E-state index contributed by atoms with van der Waals surface area (Å²) in [4.78, 5) is 22.8. The molecule has 1 amide bonds. The molecule has 0 aromatic heterocycles. The molecule has 5 nitrogen and oxygen atoms in total. The van der Waals surface area contributed by atoms with E-state index in [1.165, 1.54) is 22.3 Å². The van der Waals surface area contributed by atoms with E-state index < -0.39 is 6.09 Å². The van der Waals surface area contributed by atoms with Crippen molar-refractivity contribution in [3.8, 4) is 0 Å². The average molecular weight is 434 g/mol. The molecule has 0 aliphatic rings. The molecule has 0 saturated heterocycles. The van der Waals surface area contributed by atoms with Crippen LogP contribution in [0, 0.1) is 0 Å². The van der Waals surface area contributed by atoms with Crippen molar-refractivity contribution in [3.05, 3.63) is 46.6 Å². The molecular formula is C26H43NO4. The maximum Gasteiger partial charge on any atom is 0.407 e. The molecule has 0 heterocycles. The van der Waals surface area contributed by atoms with Crippen LogP contribution in [0.15, 0.2) is 46.6 Å². The molecule has 31 heavy (non-hydrogen) atoms. The van der Waals surface area contributed by atoms with Crippen molar-refractivity contribution in [1.29, 1.82) is 0 Å². The van der Waals surface area contributed by atoms with Gasteiger partial charge in [0.15, 0.2) is 0 Å². The lowest BCUT2D eigenvalue weighted by Crippen LogP contribution is -2.27. The van der Waals surface area contributed by atoms with E-state index in [-0.39, 0.29) is 25.5 Å². The number of rotatable bonds is 15. The molecule has 1 N–H and O–H groups in total. The summed E-state index contributed by atoms with van der Waals surface area (Å²) in [6, 6.07) is 0. The summed E-state index contributed by atoms with van der Waals surface area (Å²) in [6.45, 7) is 13.3. The van der Waals surface area contributed by atoms with Gasteiger partial charge in [0.05, 0.1) is 13.0 Å². The van der Waals surface area contributed by atoms with Crippen LogP contribution in [-0.2, 0) is 14.3 Å². The topological polar surface area (TPSA) is 64.6 Å². The number of allylic oxidation sites excluding steroid dienone is 7. The van der Waals surface area contributed by atoms with Gasteiger partial charge in [-0.3, -0.25) is 4.79 Å². The monoisotopic (exact) mass is 433 g/mol. The van der Waals surface area contributed by atoms with Gasteiger partial charge < -0.3 is 14.8 Å². The number of alkyl carbamates (subject to hydrolysis) is 1. The fraction of sp³-hybridized carbons (Fsp3) is 0.615. The van der Waals surface area contributed by atoms with E-state index in [2.05, 4.69) is 51.2 Å². The van der Waals surface area contributed by atoms with Crippen LogP contribution in [0.5, 0.6) is 0 Å². The van der Waals surface area contributed by atoms with E-state index in [1.807, 2.05) is 13.0 Å². The Morgan fingerprint density at radius 3 is 1.74 bits per heavy atom. The van der Waals surface area contributed by atoms with E-state index in [4.69, 9.17) is 9.47 Å². The van der Waals surface area contributed by atoms with Crippen molar-refractivity contribution in [1.82, 2.24) is 5.32 Å².